The van der Waals surface area contributed by atoms with Crippen LogP contribution in [0.25, 0.3) is 11.4 Å². The first kappa shape index (κ1) is 16.8. The van der Waals surface area contributed by atoms with Gasteiger partial charge in [0.15, 0.2) is 5.82 Å². The number of nitrogen functional groups attached to an aromatic ring is 1. The van der Waals surface area contributed by atoms with E-state index in [9.17, 15) is 0 Å². The van der Waals surface area contributed by atoms with E-state index in [0.29, 0.717) is 28.1 Å². The van der Waals surface area contributed by atoms with Crippen LogP contribution in [0.4, 0.5) is 23.1 Å². The van der Waals surface area contributed by atoms with Gasteiger partial charge in [-0.05, 0) is 26.0 Å². The molecule has 0 aliphatic rings. The number of rotatable bonds is 4. The Morgan fingerprint density at radius 3 is 2.56 bits per heavy atom. The molecule has 8 nitrogen and oxygen atoms in total. The van der Waals surface area contributed by atoms with Gasteiger partial charge in [-0.15, -0.1) is 0 Å². The van der Waals surface area contributed by atoms with Gasteiger partial charge in [0.25, 0.3) is 0 Å². The van der Waals surface area contributed by atoms with E-state index >= 15 is 0 Å². The van der Waals surface area contributed by atoms with Crippen molar-refractivity contribution in [2.24, 2.45) is 0 Å². The first-order valence-corrected chi connectivity index (χ1v) is 7.89. The number of nitrogens with two attached hydrogens (primary N) is 1. The van der Waals surface area contributed by atoms with Gasteiger partial charge in [-0.25, -0.2) is 9.97 Å². The van der Waals surface area contributed by atoms with Gasteiger partial charge in [0.05, 0.1) is 33.9 Å². The average Bonchev–Trinajstić information content (AvgIpc) is 2.57. The second-order valence-electron chi connectivity index (χ2n) is 5.35. The molecule has 3 aromatic heterocycles. The SMILES string of the molecule is CNc1cc(Nc2ncc(Cl)cc2-c2nc(C)nc(N)n2)cnc1C. The third-order valence-corrected chi connectivity index (χ3v) is 3.69. The molecule has 128 valence electrons. The van der Waals surface area contributed by atoms with E-state index in [-0.39, 0.29) is 5.95 Å². The molecule has 0 atom stereocenters. The predicted octanol–water partition coefficient (Wildman–Crippen LogP) is 2.97. The van der Waals surface area contributed by atoms with E-state index in [1.54, 1.807) is 25.4 Å². The van der Waals surface area contributed by atoms with Crippen molar-refractivity contribution >= 4 is 34.7 Å². The molecular formula is C16H17ClN8. The Hall–Kier alpha value is -3.00. The number of aromatic nitrogens is 5. The molecule has 4 N–H and O–H groups in total. The molecule has 0 aliphatic carbocycles. The molecule has 0 radical (unpaired) electrons. The minimum absolute atomic E-state index is 0.142. The highest BCUT2D eigenvalue weighted by atomic mass is 35.5. The molecule has 0 amide bonds. The van der Waals surface area contributed by atoms with Crippen LogP contribution in [0.15, 0.2) is 24.5 Å². The maximum atomic E-state index is 6.10. The van der Waals surface area contributed by atoms with Crippen LogP contribution in [-0.4, -0.2) is 32.0 Å². The lowest BCUT2D eigenvalue weighted by Crippen LogP contribution is -2.05. The second kappa shape index (κ2) is 6.86. The van der Waals surface area contributed by atoms with E-state index in [4.69, 9.17) is 17.3 Å². The number of aryl methyl sites for hydroxylation is 2. The summed E-state index contributed by atoms with van der Waals surface area (Å²) in [6.45, 7) is 3.67. The van der Waals surface area contributed by atoms with Crippen molar-refractivity contribution in [1.82, 2.24) is 24.9 Å². The Kier molecular flexibility index (Phi) is 4.62. The lowest BCUT2D eigenvalue weighted by molar-refractivity contribution is 0.995. The van der Waals surface area contributed by atoms with Gasteiger partial charge in [-0.1, -0.05) is 11.6 Å². The molecule has 0 saturated heterocycles. The molecule has 0 unspecified atom stereocenters. The van der Waals surface area contributed by atoms with Crippen molar-refractivity contribution < 1.29 is 0 Å². The number of nitrogens with zero attached hydrogens (tertiary/aromatic N) is 5. The van der Waals surface area contributed by atoms with Crippen LogP contribution in [0.3, 0.4) is 0 Å². The Labute approximate surface area is 149 Å². The number of pyridine rings is 2. The summed E-state index contributed by atoms with van der Waals surface area (Å²) < 4.78 is 0. The highest BCUT2D eigenvalue weighted by molar-refractivity contribution is 6.30. The molecule has 9 heteroatoms. The minimum atomic E-state index is 0.142. The fraction of sp³-hybridized carbons (Fsp3) is 0.188. The number of halogens is 1. The average molecular weight is 357 g/mol. The first-order chi connectivity index (χ1) is 12.0. The summed E-state index contributed by atoms with van der Waals surface area (Å²) in [5.74, 6) is 1.60. The second-order valence-corrected chi connectivity index (χ2v) is 5.78. The molecule has 0 spiro atoms. The lowest BCUT2D eigenvalue weighted by atomic mass is 10.2. The quantitative estimate of drug-likeness (QED) is 0.653. The van der Waals surface area contributed by atoms with Crippen LogP contribution < -0.4 is 16.4 Å². The van der Waals surface area contributed by atoms with Crippen LogP contribution >= 0.6 is 11.6 Å². The van der Waals surface area contributed by atoms with E-state index in [0.717, 1.165) is 17.1 Å². The largest absolute Gasteiger partial charge is 0.387 e. The van der Waals surface area contributed by atoms with Crippen molar-refractivity contribution in [3.8, 4) is 11.4 Å². The number of anilines is 4. The molecule has 0 aromatic carbocycles. The molecule has 0 saturated carbocycles. The smallest absolute Gasteiger partial charge is 0.223 e. The van der Waals surface area contributed by atoms with Gasteiger partial charge in [-0.2, -0.15) is 9.97 Å². The molecule has 25 heavy (non-hydrogen) atoms. The highest BCUT2D eigenvalue weighted by Gasteiger charge is 2.13. The monoisotopic (exact) mass is 356 g/mol. The zero-order valence-corrected chi connectivity index (χ0v) is 14.8. The first-order valence-electron chi connectivity index (χ1n) is 7.51. The Balaban J connectivity index is 2.05. The van der Waals surface area contributed by atoms with E-state index in [1.165, 1.54) is 0 Å². The van der Waals surface area contributed by atoms with Gasteiger partial charge in [0.1, 0.15) is 11.6 Å². The van der Waals surface area contributed by atoms with Gasteiger partial charge in [0.2, 0.25) is 5.95 Å². The summed E-state index contributed by atoms with van der Waals surface area (Å²) >= 11 is 6.10. The zero-order chi connectivity index (χ0) is 18.0. The van der Waals surface area contributed by atoms with Crippen molar-refractivity contribution in [1.29, 1.82) is 0 Å². The lowest BCUT2D eigenvalue weighted by Gasteiger charge is -2.13. The van der Waals surface area contributed by atoms with Crippen molar-refractivity contribution in [3.63, 3.8) is 0 Å². The number of hydrogen-bond donors (Lipinski definition) is 3. The Morgan fingerprint density at radius 2 is 1.84 bits per heavy atom. The summed E-state index contributed by atoms with van der Waals surface area (Å²) in [4.78, 5) is 21.2. The topological polar surface area (TPSA) is 115 Å². The van der Waals surface area contributed by atoms with Crippen LogP contribution in [0, 0.1) is 13.8 Å². The Morgan fingerprint density at radius 1 is 1.04 bits per heavy atom. The molecule has 3 aromatic rings. The fourth-order valence-electron chi connectivity index (χ4n) is 2.32. The Bertz CT molecular complexity index is 908. The van der Waals surface area contributed by atoms with Crippen LogP contribution in [0.2, 0.25) is 5.02 Å². The molecule has 0 bridgehead atoms. The maximum absolute atomic E-state index is 6.10. The highest BCUT2D eigenvalue weighted by Crippen LogP contribution is 2.29. The summed E-state index contributed by atoms with van der Waals surface area (Å²) in [5, 5.41) is 6.79. The fourth-order valence-corrected chi connectivity index (χ4v) is 2.48. The number of nitrogens with one attached hydrogen (secondary N) is 2. The summed E-state index contributed by atoms with van der Waals surface area (Å²) in [6, 6.07) is 3.67. The molecule has 0 fully saturated rings. The van der Waals surface area contributed by atoms with E-state index < -0.39 is 0 Å². The predicted molar refractivity (Wildman–Crippen MR) is 99.0 cm³/mol. The van der Waals surface area contributed by atoms with E-state index in [1.807, 2.05) is 20.0 Å². The maximum Gasteiger partial charge on any atom is 0.223 e. The molecular weight excluding hydrogens is 340 g/mol. The van der Waals surface area contributed by atoms with Crippen LogP contribution in [-0.2, 0) is 0 Å². The van der Waals surface area contributed by atoms with Crippen LogP contribution in [0.5, 0.6) is 0 Å². The minimum Gasteiger partial charge on any atom is -0.387 e. The van der Waals surface area contributed by atoms with Crippen LogP contribution in [0.1, 0.15) is 11.5 Å². The summed E-state index contributed by atoms with van der Waals surface area (Å²) in [7, 11) is 1.84. The standard InChI is InChI=1S/C16H17ClN8/c1-8-13(19-3)5-11(7-20-8)24-14-12(4-10(17)6-21-14)15-22-9(2)23-16(18)25-15/h4-7,19H,1-3H3,(H,21,24)(H2,18,22,23,25). The third kappa shape index (κ3) is 3.74. The van der Waals surface area contributed by atoms with E-state index in [2.05, 4.69) is 35.6 Å². The molecule has 0 aliphatic heterocycles. The molecule has 3 heterocycles. The van der Waals surface area contributed by atoms with Gasteiger partial charge >= 0.3 is 0 Å². The summed E-state index contributed by atoms with van der Waals surface area (Å²) in [6.07, 6.45) is 3.27. The number of hydrogen-bond acceptors (Lipinski definition) is 8. The van der Waals surface area contributed by atoms with Gasteiger partial charge in [-0.3, -0.25) is 4.98 Å². The molecule has 3 rings (SSSR count). The van der Waals surface area contributed by atoms with Gasteiger partial charge in [0, 0.05) is 13.2 Å². The van der Waals surface area contributed by atoms with Crippen molar-refractivity contribution in [3.05, 3.63) is 41.1 Å². The van der Waals surface area contributed by atoms with Crippen molar-refractivity contribution in [2.45, 2.75) is 13.8 Å². The third-order valence-electron chi connectivity index (χ3n) is 3.48. The zero-order valence-electron chi connectivity index (χ0n) is 14.0. The normalized spacial score (nSPS) is 10.6. The summed E-state index contributed by atoms with van der Waals surface area (Å²) in [5.41, 5.74) is 8.95. The van der Waals surface area contributed by atoms with Gasteiger partial charge < -0.3 is 16.4 Å². The van der Waals surface area contributed by atoms with Crippen molar-refractivity contribution in [2.75, 3.05) is 23.4 Å².